The number of carbonyl (C=O) groups is 1. The molecule has 26 heavy (non-hydrogen) atoms. The number of nitrogens with one attached hydrogen (secondary N) is 1. The van der Waals surface area contributed by atoms with E-state index in [0.29, 0.717) is 21.0 Å². The number of fused-ring (bicyclic) bond motifs is 1. The molecule has 0 saturated carbocycles. The largest absolute Gasteiger partial charge is 0.349 e. The highest BCUT2D eigenvalue weighted by atomic mass is 35.5. The van der Waals surface area contributed by atoms with E-state index in [1.54, 1.807) is 12.1 Å². The number of aryl methyl sites for hydroxylation is 2. The van der Waals surface area contributed by atoms with Crippen molar-refractivity contribution < 1.29 is 4.79 Å². The number of amides is 1. The fourth-order valence-electron chi connectivity index (χ4n) is 2.64. The number of halogens is 2. The van der Waals surface area contributed by atoms with E-state index in [2.05, 4.69) is 20.5 Å². The number of nitrogens with zero attached hydrogens (tertiary/aromatic N) is 4. The normalized spacial score (nSPS) is 12.3. The summed E-state index contributed by atoms with van der Waals surface area (Å²) in [6, 6.07) is 6.95. The van der Waals surface area contributed by atoms with Gasteiger partial charge in [-0.1, -0.05) is 41.0 Å². The van der Waals surface area contributed by atoms with Crippen LogP contribution in [-0.2, 0) is 4.79 Å². The summed E-state index contributed by atoms with van der Waals surface area (Å²) in [6.45, 7) is 5.74. The minimum Gasteiger partial charge on any atom is -0.349 e. The Morgan fingerprint density at radius 3 is 2.77 bits per heavy atom. The van der Waals surface area contributed by atoms with Crippen LogP contribution in [0.25, 0.3) is 5.78 Å². The highest BCUT2D eigenvalue weighted by Crippen LogP contribution is 2.26. The molecule has 0 aliphatic heterocycles. The van der Waals surface area contributed by atoms with Crippen LogP contribution >= 0.6 is 35.0 Å². The van der Waals surface area contributed by atoms with Crippen molar-refractivity contribution in [3.63, 3.8) is 0 Å². The third-order valence-electron chi connectivity index (χ3n) is 3.80. The average molecular weight is 410 g/mol. The highest BCUT2D eigenvalue weighted by Gasteiger charge is 2.15. The van der Waals surface area contributed by atoms with Crippen LogP contribution in [0.3, 0.4) is 0 Å². The maximum Gasteiger partial charge on any atom is 0.256 e. The average Bonchev–Trinajstić information content (AvgIpc) is 2.95. The Kier molecular flexibility index (Phi) is 5.70. The molecule has 0 aliphatic carbocycles. The van der Waals surface area contributed by atoms with Gasteiger partial charge in [0, 0.05) is 21.4 Å². The fourth-order valence-corrected chi connectivity index (χ4v) is 4.01. The number of carbonyl (C=O) groups excluding carboxylic acids is 1. The molecule has 2 heterocycles. The van der Waals surface area contributed by atoms with E-state index in [1.165, 1.54) is 11.8 Å². The predicted octanol–water partition coefficient (Wildman–Crippen LogP) is 4.02. The summed E-state index contributed by atoms with van der Waals surface area (Å²) in [4.78, 5) is 16.6. The lowest BCUT2D eigenvalue weighted by Gasteiger charge is -2.15. The SMILES string of the molecule is Cc1cc(C)n2c(SCC(=O)N[C@H](C)c3ccc(Cl)cc3Cl)nnc2n1. The molecule has 136 valence electrons. The third kappa shape index (κ3) is 4.11. The molecular formula is C17H17Cl2N5OS. The standard InChI is InChI=1S/C17H17Cl2N5OS/c1-9-6-10(2)24-16(20-9)22-23-17(24)26-8-15(25)21-11(3)13-5-4-12(18)7-14(13)19/h4-7,11H,8H2,1-3H3,(H,21,25)/t11-/m1/s1. The minimum atomic E-state index is -0.228. The smallest absolute Gasteiger partial charge is 0.256 e. The summed E-state index contributed by atoms with van der Waals surface area (Å²) in [5.41, 5.74) is 2.67. The molecule has 1 amide bonds. The summed E-state index contributed by atoms with van der Waals surface area (Å²) >= 11 is 13.4. The van der Waals surface area contributed by atoms with Gasteiger partial charge in [-0.3, -0.25) is 9.20 Å². The third-order valence-corrected chi connectivity index (χ3v) is 5.29. The Hall–Kier alpha value is -1.83. The van der Waals surface area contributed by atoms with Gasteiger partial charge in [0.2, 0.25) is 5.91 Å². The first-order valence-corrected chi connectivity index (χ1v) is 9.66. The first kappa shape index (κ1) is 18.9. The molecule has 2 aromatic heterocycles. The second kappa shape index (κ2) is 7.82. The Labute approximate surface area is 165 Å². The topological polar surface area (TPSA) is 72.2 Å². The van der Waals surface area contributed by atoms with Crippen molar-refractivity contribution in [2.45, 2.75) is 32.0 Å². The van der Waals surface area contributed by atoms with E-state index in [1.807, 2.05) is 37.3 Å². The monoisotopic (exact) mass is 409 g/mol. The van der Waals surface area contributed by atoms with Crippen LogP contribution in [0.15, 0.2) is 29.4 Å². The van der Waals surface area contributed by atoms with E-state index < -0.39 is 0 Å². The lowest BCUT2D eigenvalue weighted by atomic mass is 10.1. The first-order chi connectivity index (χ1) is 12.3. The zero-order valence-corrected chi connectivity index (χ0v) is 16.8. The summed E-state index contributed by atoms with van der Waals surface area (Å²) in [5, 5.41) is 12.8. The fraction of sp³-hybridized carbons (Fsp3) is 0.294. The Balaban J connectivity index is 1.66. The van der Waals surface area contributed by atoms with Crippen LogP contribution in [0.4, 0.5) is 0 Å². The zero-order chi connectivity index (χ0) is 18.8. The van der Waals surface area contributed by atoms with Crippen molar-refractivity contribution in [3.8, 4) is 0 Å². The molecule has 0 bridgehead atoms. The molecule has 3 aromatic rings. The van der Waals surface area contributed by atoms with Crippen molar-refractivity contribution >= 4 is 46.6 Å². The van der Waals surface area contributed by atoms with Crippen molar-refractivity contribution in [1.82, 2.24) is 24.9 Å². The van der Waals surface area contributed by atoms with Gasteiger partial charge in [0.25, 0.3) is 5.78 Å². The van der Waals surface area contributed by atoms with Crippen LogP contribution < -0.4 is 5.32 Å². The van der Waals surface area contributed by atoms with Crippen molar-refractivity contribution in [3.05, 3.63) is 51.3 Å². The Morgan fingerprint density at radius 2 is 2.04 bits per heavy atom. The van der Waals surface area contributed by atoms with Gasteiger partial charge in [-0.15, -0.1) is 10.2 Å². The van der Waals surface area contributed by atoms with Crippen molar-refractivity contribution in [2.24, 2.45) is 0 Å². The molecule has 0 radical (unpaired) electrons. The number of hydrogen-bond donors (Lipinski definition) is 1. The van der Waals surface area contributed by atoms with Crippen LogP contribution in [0, 0.1) is 13.8 Å². The molecule has 0 aliphatic rings. The zero-order valence-electron chi connectivity index (χ0n) is 14.5. The van der Waals surface area contributed by atoms with E-state index in [9.17, 15) is 4.79 Å². The van der Waals surface area contributed by atoms with Gasteiger partial charge in [0.15, 0.2) is 5.16 Å². The number of hydrogen-bond acceptors (Lipinski definition) is 5. The van der Waals surface area contributed by atoms with E-state index in [4.69, 9.17) is 23.2 Å². The van der Waals surface area contributed by atoms with E-state index in [-0.39, 0.29) is 17.7 Å². The second-order valence-electron chi connectivity index (χ2n) is 5.90. The number of aromatic nitrogens is 4. The molecule has 1 aromatic carbocycles. The highest BCUT2D eigenvalue weighted by molar-refractivity contribution is 7.99. The van der Waals surface area contributed by atoms with Gasteiger partial charge in [-0.2, -0.15) is 0 Å². The quantitative estimate of drug-likeness (QED) is 0.644. The van der Waals surface area contributed by atoms with Gasteiger partial charge in [-0.05, 0) is 44.5 Å². The van der Waals surface area contributed by atoms with Gasteiger partial charge in [-0.25, -0.2) is 4.98 Å². The van der Waals surface area contributed by atoms with Gasteiger partial charge >= 0.3 is 0 Å². The first-order valence-electron chi connectivity index (χ1n) is 7.91. The van der Waals surface area contributed by atoms with Crippen LogP contribution in [-0.4, -0.2) is 31.2 Å². The molecule has 1 atom stereocenters. The molecule has 6 nitrogen and oxygen atoms in total. The van der Waals surface area contributed by atoms with Crippen LogP contribution in [0.5, 0.6) is 0 Å². The predicted molar refractivity (Wildman–Crippen MR) is 104 cm³/mol. The number of benzene rings is 1. The number of thioether (sulfide) groups is 1. The van der Waals surface area contributed by atoms with Crippen molar-refractivity contribution in [2.75, 3.05) is 5.75 Å². The van der Waals surface area contributed by atoms with Crippen LogP contribution in [0.2, 0.25) is 10.0 Å². The molecule has 0 spiro atoms. The summed E-state index contributed by atoms with van der Waals surface area (Å²) < 4.78 is 1.84. The maximum atomic E-state index is 12.3. The molecule has 0 unspecified atom stereocenters. The van der Waals surface area contributed by atoms with E-state index >= 15 is 0 Å². The van der Waals surface area contributed by atoms with Crippen molar-refractivity contribution in [1.29, 1.82) is 0 Å². The van der Waals surface area contributed by atoms with E-state index in [0.717, 1.165) is 17.0 Å². The Bertz CT molecular complexity index is 975. The van der Waals surface area contributed by atoms with Crippen LogP contribution in [0.1, 0.15) is 29.9 Å². The second-order valence-corrected chi connectivity index (χ2v) is 7.69. The molecule has 1 N–H and O–H groups in total. The Morgan fingerprint density at radius 1 is 1.27 bits per heavy atom. The van der Waals surface area contributed by atoms with Gasteiger partial charge < -0.3 is 5.32 Å². The molecule has 3 rings (SSSR count). The van der Waals surface area contributed by atoms with Gasteiger partial charge in [0.1, 0.15) is 0 Å². The number of rotatable bonds is 5. The summed E-state index contributed by atoms with van der Waals surface area (Å²) in [5.74, 6) is 0.624. The molecule has 0 fully saturated rings. The lowest BCUT2D eigenvalue weighted by molar-refractivity contribution is -0.119. The lowest BCUT2D eigenvalue weighted by Crippen LogP contribution is -2.28. The summed E-state index contributed by atoms with van der Waals surface area (Å²) in [6.07, 6.45) is 0. The van der Waals surface area contributed by atoms with Gasteiger partial charge in [0.05, 0.1) is 11.8 Å². The minimum absolute atomic E-state index is 0.122. The maximum absolute atomic E-state index is 12.3. The molecular weight excluding hydrogens is 393 g/mol. The molecule has 9 heteroatoms. The molecule has 0 saturated heterocycles. The summed E-state index contributed by atoms with van der Waals surface area (Å²) in [7, 11) is 0.